The van der Waals surface area contributed by atoms with Crippen molar-refractivity contribution in [2.24, 2.45) is 0 Å². The van der Waals surface area contributed by atoms with Gasteiger partial charge in [0.05, 0.1) is 11.3 Å². The summed E-state index contributed by atoms with van der Waals surface area (Å²) in [5.74, 6) is -1.28. The van der Waals surface area contributed by atoms with Crippen molar-refractivity contribution < 1.29 is 13.6 Å². The summed E-state index contributed by atoms with van der Waals surface area (Å²) in [6.45, 7) is 0.177. The average Bonchev–Trinajstić information content (AvgIpc) is 2.44. The van der Waals surface area contributed by atoms with Crippen LogP contribution in [0.1, 0.15) is 15.9 Å². The number of carbonyl (C=O) groups excluding carboxylic acids is 1. The molecule has 2 aromatic rings. The number of nitrogens with one attached hydrogen (secondary N) is 2. The quantitative estimate of drug-likeness (QED) is 0.901. The van der Waals surface area contributed by atoms with Gasteiger partial charge < -0.3 is 10.6 Å². The summed E-state index contributed by atoms with van der Waals surface area (Å²) in [6.07, 6.45) is 0. The first-order valence-corrected chi connectivity index (χ1v) is 6.10. The summed E-state index contributed by atoms with van der Waals surface area (Å²) < 4.78 is 26.5. The number of halogens is 2. The Kier molecular flexibility index (Phi) is 4.30. The van der Waals surface area contributed by atoms with Crippen molar-refractivity contribution in [3.8, 4) is 0 Å². The molecule has 0 spiro atoms. The molecule has 0 atom stereocenters. The SMILES string of the molecule is CNc1c(F)cccc1C(=O)NCc1cccc(F)c1. The van der Waals surface area contributed by atoms with Crippen molar-refractivity contribution in [3.05, 3.63) is 65.2 Å². The molecule has 2 aromatic carbocycles. The number of benzene rings is 2. The molecule has 5 heteroatoms. The zero-order chi connectivity index (χ0) is 14.5. The summed E-state index contributed by atoms with van der Waals surface area (Å²) in [5, 5.41) is 5.29. The smallest absolute Gasteiger partial charge is 0.253 e. The van der Waals surface area contributed by atoms with E-state index in [1.165, 1.54) is 30.3 Å². The minimum Gasteiger partial charge on any atom is -0.385 e. The molecule has 0 fully saturated rings. The highest BCUT2D eigenvalue weighted by molar-refractivity contribution is 5.99. The summed E-state index contributed by atoms with van der Waals surface area (Å²) in [5.41, 5.74) is 0.994. The van der Waals surface area contributed by atoms with Gasteiger partial charge in [-0.05, 0) is 29.8 Å². The fraction of sp³-hybridized carbons (Fsp3) is 0.133. The highest BCUT2D eigenvalue weighted by atomic mass is 19.1. The van der Waals surface area contributed by atoms with Gasteiger partial charge in [-0.2, -0.15) is 0 Å². The fourth-order valence-electron chi connectivity index (χ4n) is 1.89. The molecule has 20 heavy (non-hydrogen) atoms. The third kappa shape index (κ3) is 3.12. The van der Waals surface area contributed by atoms with Gasteiger partial charge in [0.15, 0.2) is 0 Å². The summed E-state index contributed by atoms with van der Waals surface area (Å²) in [4.78, 5) is 12.0. The third-order valence-corrected chi connectivity index (χ3v) is 2.85. The van der Waals surface area contributed by atoms with E-state index in [4.69, 9.17) is 0 Å². The Balaban J connectivity index is 2.11. The minimum atomic E-state index is -0.495. The molecule has 0 aliphatic carbocycles. The van der Waals surface area contributed by atoms with E-state index in [1.807, 2.05) is 0 Å². The topological polar surface area (TPSA) is 41.1 Å². The van der Waals surface area contributed by atoms with Gasteiger partial charge in [0.2, 0.25) is 0 Å². The van der Waals surface area contributed by atoms with Crippen LogP contribution in [-0.4, -0.2) is 13.0 Å². The van der Waals surface area contributed by atoms with E-state index < -0.39 is 11.7 Å². The van der Waals surface area contributed by atoms with Crippen LogP contribution >= 0.6 is 0 Å². The number of para-hydroxylation sites is 1. The van der Waals surface area contributed by atoms with E-state index >= 15 is 0 Å². The van der Waals surface area contributed by atoms with Crippen LogP contribution in [0.5, 0.6) is 0 Å². The van der Waals surface area contributed by atoms with Crippen LogP contribution in [-0.2, 0) is 6.54 Å². The zero-order valence-corrected chi connectivity index (χ0v) is 10.9. The van der Waals surface area contributed by atoms with Gasteiger partial charge in [0, 0.05) is 13.6 Å². The maximum atomic E-state index is 13.5. The molecule has 1 amide bonds. The van der Waals surface area contributed by atoms with Gasteiger partial charge in [-0.3, -0.25) is 4.79 Å². The highest BCUT2D eigenvalue weighted by Gasteiger charge is 2.13. The highest BCUT2D eigenvalue weighted by Crippen LogP contribution is 2.19. The Morgan fingerprint density at radius 1 is 1.15 bits per heavy atom. The number of anilines is 1. The van der Waals surface area contributed by atoms with E-state index in [9.17, 15) is 13.6 Å². The van der Waals surface area contributed by atoms with Crippen LogP contribution in [0.25, 0.3) is 0 Å². The van der Waals surface area contributed by atoms with Crippen molar-refractivity contribution in [1.29, 1.82) is 0 Å². The molecule has 0 aromatic heterocycles. The van der Waals surface area contributed by atoms with E-state index in [2.05, 4.69) is 10.6 Å². The molecule has 3 nitrogen and oxygen atoms in total. The molecule has 0 radical (unpaired) electrons. The van der Waals surface area contributed by atoms with Crippen molar-refractivity contribution in [1.82, 2.24) is 5.32 Å². The molecule has 0 saturated heterocycles. The molecule has 0 bridgehead atoms. The van der Waals surface area contributed by atoms with Gasteiger partial charge in [-0.25, -0.2) is 8.78 Å². The zero-order valence-electron chi connectivity index (χ0n) is 10.9. The molecule has 104 valence electrons. The standard InChI is InChI=1S/C15H14F2N2O/c1-18-14-12(6-3-7-13(14)17)15(20)19-9-10-4-2-5-11(16)8-10/h2-8,18H,9H2,1H3,(H,19,20). The maximum absolute atomic E-state index is 13.5. The Morgan fingerprint density at radius 2 is 1.90 bits per heavy atom. The molecule has 2 N–H and O–H groups in total. The fourth-order valence-corrected chi connectivity index (χ4v) is 1.89. The van der Waals surface area contributed by atoms with Crippen LogP contribution in [0.3, 0.4) is 0 Å². The first-order valence-electron chi connectivity index (χ1n) is 6.10. The lowest BCUT2D eigenvalue weighted by atomic mass is 10.1. The molecule has 0 aliphatic heterocycles. The molecule has 2 rings (SSSR count). The first-order chi connectivity index (χ1) is 9.61. The Hall–Kier alpha value is -2.43. The van der Waals surface area contributed by atoms with E-state index in [-0.39, 0.29) is 23.6 Å². The molecular formula is C15H14F2N2O. The van der Waals surface area contributed by atoms with E-state index in [0.29, 0.717) is 5.56 Å². The van der Waals surface area contributed by atoms with Crippen molar-refractivity contribution in [3.63, 3.8) is 0 Å². The largest absolute Gasteiger partial charge is 0.385 e. The van der Waals surface area contributed by atoms with Gasteiger partial charge in [-0.1, -0.05) is 18.2 Å². The van der Waals surface area contributed by atoms with E-state index in [1.54, 1.807) is 19.2 Å². The Bertz CT molecular complexity index is 629. The Morgan fingerprint density at radius 3 is 2.60 bits per heavy atom. The first kappa shape index (κ1) is 14.0. The molecule has 0 unspecified atom stereocenters. The van der Waals surface area contributed by atoms with Gasteiger partial charge >= 0.3 is 0 Å². The average molecular weight is 276 g/mol. The van der Waals surface area contributed by atoms with Crippen LogP contribution in [0.4, 0.5) is 14.5 Å². The monoisotopic (exact) mass is 276 g/mol. The van der Waals surface area contributed by atoms with Gasteiger partial charge in [0.25, 0.3) is 5.91 Å². The number of carbonyl (C=O) groups is 1. The van der Waals surface area contributed by atoms with Crippen LogP contribution in [0, 0.1) is 11.6 Å². The predicted octanol–water partition coefficient (Wildman–Crippen LogP) is 2.94. The van der Waals surface area contributed by atoms with Gasteiger partial charge in [-0.15, -0.1) is 0 Å². The second-order valence-electron chi connectivity index (χ2n) is 4.22. The summed E-state index contributed by atoms with van der Waals surface area (Å²) >= 11 is 0. The predicted molar refractivity (Wildman–Crippen MR) is 73.5 cm³/mol. The second kappa shape index (κ2) is 6.14. The molecule has 0 saturated carbocycles. The van der Waals surface area contributed by atoms with Crippen molar-refractivity contribution >= 4 is 11.6 Å². The number of rotatable bonds is 4. The van der Waals surface area contributed by atoms with Crippen LogP contribution in [0.2, 0.25) is 0 Å². The lowest BCUT2D eigenvalue weighted by Crippen LogP contribution is -2.24. The number of hydrogen-bond donors (Lipinski definition) is 2. The van der Waals surface area contributed by atoms with Crippen molar-refractivity contribution in [2.75, 3.05) is 12.4 Å². The second-order valence-corrected chi connectivity index (χ2v) is 4.22. The van der Waals surface area contributed by atoms with Crippen LogP contribution in [0.15, 0.2) is 42.5 Å². The lowest BCUT2D eigenvalue weighted by Gasteiger charge is -2.10. The third-order valence-electron chi connectivity index (χ3n) is 2.85. The normalized spacial score (nSPS) is 10.2. The van der Waals surface area contributed by atoms with E-state index in [0.717, 1.165) is 0 Å². The maximum Gasteiger partial charge on any atom is 0.253 e. The van der Waals surface area contributed by atoms with Gasteiger partial charge in [0.1, 0.15) is 11.6 Å². The molecular weight excluding hydrogens is 262 g/mol. The number of amides is 1. The number of hydrogen-bond acceptors (Lipinski definition) is 2. The minimum absolute atomic E-state index is 0.143. The van der Waals surface area contributed by atoms with Crippen LogP contribution < -0.4 is 10.6 Å². The molecule has 0 heterocycles. The lowest BCUT2D eigenvalue weighted by molar-refractivity contribution is 0.0951. The summed E-state index contributed by atoms with van der Waals surface area (Å²) in [7, 11) is 1.54. The summed E-state index contributed by atoms with van der Waals surface area (Å²) in [6, 6.07) is 10.2. The Labute approximate surface area is 115 Å². The molecule has 0 aliphatic rings. The van der Waals surface area contributed by atoms with Crippen molar-refractivity contribution in [2.45, 2.75) is 6.54 Å².